The van der Waals surface area contributed by atoms with E-state index in [0.29, 0.717) is 10.2 Å². The van der Waals surface area contributed by atoms with Crippen LogP contribution in [0, 0.1) is 5.82 Å². The van der Waals surface area contributed by atoms with E-state index >= 15 is 0 Å². The van der Waals surface area contributed by atoms with Crippen LogP contribution in [0.5, 0.6) is 11.5 Å². The van der Waals surface area contributed by atoms with Gasteiger partial charge >= 0.3 is 0 Å². The third-order valence-corrected chi connectivity index (χ3v) is 3.33. The highest BCUT2D eigenvalue weighted by Gasteiger charge is 2.08. The van der Waals surface area contributed by atoms with Gasteiger partial charge in [0.15, 0.2) is 11.6 Å². The van der Waals surface area contributed by atoms with Gasteiger partial charge in [0, 0.05) is 10.5 Å². The molecule has 0 saturated carbocycles. The lowest BCUT2D eigenvalue weighted by Crippen LogP contribution is -2.18. The van der Waals surface area contributed by atoms with Crippen LogP contribution in [0.3, 0.4) is 0 Å². The van der Waals surface area contributed by atoms with Crippen LogP contribution in [0.4, 0.5) is 4.39 Å². The summed E-state index contributed by atoms with van der Waals surface area (Å²) >= 11 is 3.21. The zero-order chi connectivity index (χ0) is 14.5. The second-order valence-corrected chi connectivity index (χ2v) is 5.29. The van der Waals surface area contributed by atoms with E-state index in [1.165, 1.54) is 6.07 Å². The monoisotopic (exact) mass is 338 g/mol. The van der Waals surface area contributed by atoms with Gasteiger partial charge in [0.05, 0.1) is 11.9 Å². The van der Waals surface area contributed by atoms with Crippen LogP contribution in [0.25, 0.3) is 0 Å². The number of ether oxygens (including phenoxy) is 1. The summed E-state index contributed by atoms with van der Waals surface area (Å²) < 4.78 is 19.8. The van der Waals surface area contributed by atoms with E-state index in [9.17, 15) is 4.39 Å². The first-order chi connectivity index (χ1) is 9.60. The Bertz CT molecular complexity index is 575. The Morgan fingerprint density at radius 1 is 1.35 bits per heavy atom. The van der Waals surface area contributed by atoms with Gasteiger partial charge in [-0.2, -0.15) is 0 Å². The van der Waals surface area contributed by atoms with Crippen molar-refractivity contribution in [3.63, 3.8) is 0 Å². The third kappa shape index (κ3) is 3.77. The van der Waals surface area contributed by atoms with Crippen LogP contribution < -0.4 is 10.1 Å². The van der Waals surface area contributed by atoms with Crippen molar-refractivity contribution in [2.24, 2.45) is 0 Å². The van der Waals surface area contributed by atoms with Crippen molar-refractivity contribution in [1.82, 2.24) is 10.3 Å². The summed E-state index contributed by atoms with van der Waals surface area (Å²) in [5.41, 5.74) is 0.926. The molecule has 0 aliphatic carbocycles. The zero-order valence-electron chi connectivity index (χ0n) is 11.4. The SMILES string of the molecule is CCNC(C)c1ccc(Oc2ccc(Br)cc2F)cn1. The molecule has 1 aromatic carbocycles. The summed E-state index contributed by atoms with van der Waals surface area (Å²) in [6.07, 6.45) is 1.60. The van der Waals surface area contributed by atoms with Gasteiger partial charge in [0.1, 0.15) is 5.75 Å². The number of benzene rings is 1. The number of hydrogen-bond acceptors (Lipinski definition) is 3. The molecule has 20 heavy (non-hydrogen) atoms. The second kappa shape index (κ2) is 6.81. The molecular formula is C15H16BrFN2O. The number of rotatable bonds is 5. The number of halogens is 2. The fourth-order valence-corrected chi connectivity index (χ4v) is 2.14. The summed E-state index contributed by atoms with van der Waals surface area (Å²) in [5.74, 6) is 0.283. The molecule has 0 spiro atoms. The molecule has 3 nitrogen and oxygen atoms in total. The van der Waals surface area contributed by atoms with E-state index in [-0.39, 0.29) is 11.8 Å². The standard InChI is InChI=1S/C15H16BrFN2O/c1-3-18-10(2)14-6-5-12(9-19-14)20-15-7-4-11(16)8-13(15)17/h4-10,18H,3H2,1-2H3. The van der Waals surface area contributed by atoms with E-state index in [4.69, 9.17) is 4.74 Å². The van der Waals surface area contributed by atoms with Gasteiger partial charge in [-0.1, -0.05) is 22.9 Å². The van der Waals surface area contributed by atoms with Crippen LogP contribution in [-0.4, -0.2) is 11.5 Å². The van der Waals surface area contributed by atoms with E-state index in [1.54, 1.807) is 24.4 Å². The summed E-state index contributed by atoms with van der Waals surface area (Å²) in [4.78, 5) is 4.32. The first-order valence-corrected chi connectivity index (χ1v) is 7.21. The predicted molar refractivity (Wildman–Crippen MR) is 80.5 cm³/mol. The minimum Gasteiger partial charge on any atom is -0.453 e. The molecule has 0 aliphatic rings. The van der Waals surface area contributed by atoms with E-state index in [0.717, 1.165) is 12.2 Å². The Morgan fingerprint density at radius 3 is 2.75 bits per heavy atom. The molecule has 106 valence electrons. The molecular weight excluding hydrogens is 323 g/mol. The molecule has 0 amide bonds. The number of nitrogens with one attached hydrogen (secondary N) is 1. The molecule has 0 fully saturated rings. The molecule has 1 N–H and O–H groups in total. The molecule has 5 heteroatoms. The van der Waals surface area contributed by atoms with Gasteiger partial charge in [0.25, 0.3) is 0 Å². The van der Waals surface area contributed by atoms with E-state index in [2.05, 4.69) is 26.2 Å². The molecule has 1 atom stereocenters. The maximum absolute atomic E-state index is 13.7. The van der Waals surface area contributed by atoms with E-state index < -0.39 is 5.82 Å². The van der Waals surface area contributed by atoms with Crippen molar-refractivity contribution >= 4 is 15.9 Å². The topological polar surface area (TPSA) is 34.1 Å². The molecule has 0 bridgehead atoms. The molecule has 0 aliphatic heterocycles. The minimum atomic E-state index is -0.413. The van der Waals surface area contributed by atoms with E-state index in [1.807, 2.05) is 19.9 Å². The molecule has 2 aromatic rings. The first kappa shape index (κ1) is 14.9. The smallest absolute Gasteiger partial charge is 0.166 e. The average molecular weight is 339 g/mol. The number of nitrogens with zero attached hydrogens (tertiary/aromatic N) is 1. The molecule has 1 heterocycles. The maximum Gasteiger partial charge on any atom is 0.166 e. The normalized spacial score (nSPS) is 12.2. The summed E-state index contributed by atoms with van der Waals surface area (Å²) in [6.45, 7) is 4.97. The van der Waals surface area contributed by atoms with Gasteiger partial charge in [0.2, 0.25) is 0 Å². The zero-order valence-corrected chi connectivity index (χ0v) is 12.9. The highest BCUT2D eigenvalue weighted by atomic mass is 79.9. The summed E-state index contributed by atoms with van der Waals surface area (Å²) in [6, 6.07) is 8.52. The number of hydrogen-bond donors (Lipinski definition) is 1. The van der Waals surface area contributed by atoms with Gasteiger partial charge in [-0.15, -0.1) is 0 Å². The Kier molecular flexibility index (Phi) is 5.09. The molecule has 1 unspecified atom stereocenters. The number of pyridine rings is 1. The Balaban J connectivity index is 2.10. The molecule has 0 saturated heterocycles. The Morgan fingerprint density at radius 2 is 2.15 bits per heavy atom. The van der Waals surface area contributed by atoms with Crippen molar-refractivity contribution in [2.75, 3.05) is 6.54 Å². The molecule has 0 radical (unpaired) electrons. The summed E-state index contributed by atoms with van der Waals surface area (Å²) in [5, 5.41) is 3.28. The van der Waals surface area contributed by atoms with Crippen LogP contribution >= 0.6 is 15.9 Å². The highest BCUT2D eigenvalue weighted by Crippen LogP contribution is 2.26. The van der Waals surface area contributed by atoms with Crippen molar-refractivity contribution in [2.45, 2.75) is 19.9 Å². The average Bonchev–Trinajstić information content (AvgIpc) is 2.43. The van der Waals surface area contributed by atoms with Crippen molar-refractivity contribution in [3.05, 3.63) is 52.5 Å². The van der Waals surface area contributed by atoms with Gasteiger partial charge in [-0.3, -0.25) is 4.98 Å². The lowest BCUT2D eigenvalue weighted by atomic mass is 10.2. The second-order valence-electron chi connectivity index (χ2n) is 4.37. The predicted octanol–water partition coefficient (Wildman–Crippen LogP) is 4.45. The van der Waals surface area contributed by atoms with Gasteiger partial charge < -0.3 is 10.1 Å². The Labute approximate surface area is 126 Å². The van der Waals surface area contributed by atoms with Crippen molar-refractivity contribution < 1.29 is 9.13 Å². The fraction of sp³-hybridized carbons (Fsp3) is 0.267. The maximum atomic E-state index is 13.7. The van der Waals surface area contributed by atoms with Crippen LogP contribution in [0.1, 0.15) is 25.6 Å². The van der Waals surface area contributed by atoms with Crippen LogP contribution in [0.2, 0.25) is 0 Å². The Hall–Kier alpha value is -1.46. The van der Waals surface area contributed by atoms with Gasteiger partial charge in [-0.05, 0) is 43.8 Å². The molecule has 2 rings (SSSR count). The molecule has 1 aromatic heterocycles. The quantitative estimate of drug-likeness (QED) is 0.874. The number of aromatic nitrogens is 1. The third-order valence-electron chi connectivity index (χ3n) is 2.83. The van der Waals surface area contributed by atoms with Crippen molar-refractivity contribution in [3.8, 4) is 11.5 Å². The minimum absolute atomic E-state index is 0.179. The van der Waals surface area contributed by atoms with Crippen LogP contribution in [-0.2, 0) is 0 Å². The lowest BCUT2D eigenvalue weighted by Gasteiger charge is -2.12. The van der Waals surface area contributed by atoms with Gasteiger partial charge in [-0.25, -0.2) is 4.39 Å². The first-order valence-electron chi connectivity index (χ1n) is 6.42. The van der Waals surface area contributed by atoms with Crippen LogP contribution in [0.15, 0.2) is 41.0 Å². The fourth-order valence-electron chi connectivity index (χ4n) is 1.80. The largest absolute Gasteiger partial charge is 0.453 e. The summed E-state index contributed by atoms with van der Waals surface area (Å²) in [7, 11) is 0. The lowest BCUT2D eigenvalue weighted by molar-refractivity contribution is 0.439. The van der Waals surface area contributed by atoms with Crippen molar-refractivity contribution in [1.29, 1.82) is 0 Å². The highest BCUT2D eigenvalue weighted by molar-refractivity contribution is 9.10.